The fourth-order valence-electron chi connectivity index (χ4n) is 2.13. The highest BCUT2D eigenvalue weighted by Gasteiger charge is 2.10. The second-order valence-electron chi connectivity index (χ2n) is 5.44. The standard InChI is InChI=1S/C14H30N4.HI/c1-4-15-14(17-12-13(2)3)16-8-7-11-18-9-5-6-10-18;/h13H,4-12H2,1-3H3,(H2,15,16,17);1H. The van der Waals surface area contributed by atoms with E-state index in [-0.39, 0.29) is 24.0 Å². The van der Waals surface area contributed by atoms with Crippen molar-refractivity contribution >= 4 is 29.9 Å². The Hall–Kier alpha value is -0.0400. The normalized spacial score (nSPS) is 16.5. The van der Waals surface area contributed by atoms with Crippen LogP contribution < -0.4 is 10.6 Å². The van der Waals surface area contributed by atoms with Crippen molar-refractivity contribution in [2.75, 3.05) is 39.3 Å². The summed E-state index contributed by atoms with van der Waals surface area (Å²) in [6.45, 7) is 13.1. The Bertz CT molecular complexity index is 238. The van der Waals surface area contributed by atoms with Crippen molar-refractivity contribution in [3.8, 4) is 0 Å². The van der Waals surface area contributed by atoms with Crippen LogP contribution in [0.5, 0.6) is 0 Å². The van der Waals surface area contributed by atoms with Crippen LogP contribution in [-0.4, -0.2) is 50.1 Å². The van der Waals surface area contributed by atoms with Gasteiger partial charge in [0, 0.05) is 19.6 Å². The van der Waals surface area contributed by atoms with Gasteiger partial charge in [-0.3, -0.25) is 4.99 Å². The topological polar surface area (TPSA) is 39.7 Å². The lowest BCUT2D eigenvalue weighted by Crippen LogP contribution is -2.39. The molecule has 0 aromatic carbocycles. The summed E-state index contributed by atoms with van der Waals surface area (Å²) in [7, 11) is 0. The summed E-state index contributed by atoms with van der Waals surface area (Å²) in [4.78, 5) is 7.12. The van der Waals surface area contributed by atoms with E-state index in [0.29, 0.717) is 5.92 Å². The summed E-state index contributed by atoms with van der Waals surface area (Å²) in [5, 5.41) is 6.70. The molecule has 19 heavy (non-hydrogen) atoms. The first-order chi connectivity index (χ1) is 8.72. The largest absolute Gasteiger partial charge is 0.357 e. The van der Waals surface area contributed by atoms with Crippen LogP contribution in [-0.2, 0) is 0 Å². The van der Waals surface area contributed by atoms with E-state index in [1.165, 1.54) is 38.9 Å². The number of hydrogen-bond acceptors (Lipinski definition) is 2. The van der Waals surface area contributed by atoms with Crippen LogP contribution >= 0.6 is 24.0 Å². The van der Waals surface area contributed by atoms with Crippen LogP contribution in [0.25, 0.3) is 0 Å². The van der Waals surface area contributed by atoms with E-state index < -0.39 is 0 Å². The molecule has 0 radical (unpaired) electrons. The Labute approximate surface area is 135 Å². The minimum atomic E-state index is 0. The molecule has 0 saturated carbocycles. The molecule has 1 aliphatic heterocycles. The highest BCUT2D eigenvalue weighted by molar-refractivity contribution is 14.0. The number of hydrogen-bond donors (Lipinski definition) is 2. The Morgan fingerprint density at radius 2 is 1.89 bits per heavy atom. The fourth-order valence-corrected chi connectivity index (χ4v) is 2.13. The Kier molecular flexibility index (Phi) is 11.7. The van der Waals surface area contributed by atoms with Gasteiger partial charge in [-0.2, -0.15) is 0 Å². The van der Waals surface area contributed by atoms with Crippen LogP contribution in [0.2, 0.25) is 0 Å². The van der Waals surface area contributed by atoms with Crippen molar-refractivity contribution < 1.29 is 0 Å². The van der Waals surface area contributed by atoms with Crippen LogP contribution in [0, 0.1) is 5.92 Å². The minimum Gasteiger partial charge on any atom is -0.357 e. The second-order valence-corrected chi connectivity index (χ2v) is 5.44. The van der Waals surface area contributed by atoms with Crippen molar-refractivity contribution in [1.29, 1.82) is 0 Å². The lowest BCUT2D eigenvalue weighted by Gasteiger charge is -2.16. The number of guanidine groups is 1. The summed E-state index contributed by atoms with van der Waals surface area (Å²) in [6, 6.07) is 0. The predicted molar refractivity (Wildman–Crippen MR) is 94.5 cm³/mol. The first-order valence-corrected chi connectivity index (χ1v) is 7.47. The van der Waals surface area contributed by atoms with Gasteiger partial charge in [0.25, 0.3) is 0 Å². The van der Waals surface area contributed by atoms with E-state index >= 15 is 0 Å². The molecule has 1 rings (SSSR count). The van der Waals surface area contributed by atoms with E-state index in [0.717, 1.165) is 25.6 Å². The maximum atomic E-state index is 4.56. The van der Waals surface area contributed by atoms with Gasteiger partial charge in [0.2, 0.25) is 0 Å². The summed E-state index contributed by atoms with van der Waals surface area (Å²) in [5.41, 5.74) is 0. The molecule has 1 fully saturated rings. The zero-order valence-electron chi connectivity index (χ0n) is 12.7. The van der Waals surface area contributed by atoms with Gasteiger partial charge in [0.05, 0.1) is 0 Å². The molecule has 0 bridgehead atoms. The first kappa shape index (κ1) is 19.0. The maximum Gasteiger partial charge on any atom is 0.191 e. The van der Waals surface area contributed by atoms with Gasteiger partial charge in [-0.05, 0) is 51.7 Å². The summed E-state index contributed by atoms with van der Waals surface area (Å²) in [5.74, 6) is 1.58. The number of aliphatic imine (C=N–C) groups is 1. The van der Waals surface area contributed by atoms with Gasteiger partial charge in [0.1, 0.15) is 0 Å². The van der Waals surface area contributed by atoms with Crippen LogP contribution in [0.4, 0.5) is 0 Å². The van der Waals surface area contributed by atoms with Gasteiger partial charge in [-0.1, -0.05) is 13.8 Å². The average molecular weight is 382 g/mol. The molecule has 1 heterocycles. The van der Waals surface area contributed by atoms with Crippen LogP contribution in [0.1, 0.15) is 40.0 Å². The number of halogens is 1. The van der Waals surface area contributed by atoms with Crippen LogP contribution in [0.15, 0.2) is 4.99 Å². The van der Waals surface area contributed by atoms with Gasteiger partial charge in [-0.15, -0.1) is 24.0 Å². The molecule has 0 amide bonds. The molecule has 5 heteroatoms. The molecule has 0 unspecified atom stereocenters. The predicted octanol–water partition coefficient (Wildman–Crippen LogP) is 2.30. The zero-order valence-corrected chi connectivity index (χ0v) is 15.1. The van der Waals surface area contributed by atoms with Crippen molar-refractivity contribution in [2.24, 2.45) is 10.9 Å². The van der Waals surface area contributed by atoms with E-state index in [1.54, 1.807) is 0 Å². The van der Waals surface area contributed by atoms with Gasteiger partial charge in [-0.25, -0.2) is 0 Å². The highest BCUT2D eigenvalue weighted by Crippen LogP contribution is 2.06. The quantitative estimate of drug-likeness (QED) is 0.307. The minimum absolute atomic E-state index is 0. The van der Waals surface area contributed by atoms with E-state index in [4.69, 9.17) is 0 Å². The third-order valence-corrected chi connectivity index (χ3v) is 3.10. The SMILES string of the molecule is CCNC(=NCC(C)C)NCCCN1CCCC1.I. The van der Waals surface area contributed by atoms with Crippen molar-refractivity contribution in [2.45, 2.75) is 40.0 Å². The molecule has 1 aliphatic rings. The second kappa shape index (κ2) is 11.8. The molecule has 1 saturated heterocycles. The number of nitrogens with one attached hydrogen (secondary N) is 2. The van der Waals surface area contributed by atoms with Crippen molar-refractivity contribution in [3.63, 3.8) is 0 Å². The molecular weight excluding hydrogens is 351 g/mol. The highest BCUT2D eigenvalue weighted by atomic mass is 127. The fraction of sp³-hybridized carbons (Fsp3) is 0.929. The monoisotopic (exact) mass is 382 g/mol. The van der Waals surface area contributed by atoms with Gasteiger partial charge in [0.15, 0.2) is 5.96 Å². The lowest BCUT2D eigenvalue weighted by atomic mass is 10.2. The molecule has 2 N–H and O–H groups in total. The molecule has 0 atom stereocenters. The van der Waals surface area contributed by atoms with E-state index in [9.17, 15) is 0 Å². The summed E-state index contributed by atoms with van der Waals surface area (Å²) in [6.07, 6.45) is 3.96. The van der Waals surface area contributed by atoms with Gasteiger partial charge >= 0.3 is 0 Å². The first-order valence-electron chi connectivity index (χ1n) is 7.47. The molecule has 4 nitrogen and oxygen atoms in total. The summed E-state index contributed by atoms with van der Waals surface area (Å²) >= 11 is 0. The number of likely N-dealkylation sites (tertiary alicyclic amines) is 1. The molecule has 0 spiro atoms. The zero-order chi connectivity index (χ0) is 13.2. The van der Waals surface area contributed by atoms with E-state index in [1.807, 2.05) is 0 Å². The molecule has 114 valence electrons. The van der Waals surface area contributed by atoms with Crippen molar-refractivity contribution in [3.05, 3.63) is 0 Å². The number of rotatable bonds is 7. The average Bonchev–Trinajstić information content (AvgIpc) is 2.84. The lowest BCUT2D eigenvalue weighted by molar-refractivity contribution is 0.334. The Balaban J connectivity index is 0.00000324. The van der Waals surface area contributed by atoms with Gasteiger partial charge < -0.3 is 15.5 Å². The Morgan fingerprint density at radius 3 is 2.47 bits per heavy atom. The van der Waals surface area contributed by atoms with E-state index in [2.05, 4.69) is 41.3 Å². The Morgan fingerprint density at radius 1 is 1.21 bits per heavy atom. The molecular formula is C14H31IN4. The molecule has 0 aromatic rings. The third-order valence-electron chi connectivity index (χ3n) is 3.10. The maximum absolute atomic E-state index is 4.56. The molecule has 0 aromatic heterocycles. The third kappa shape index (κ3) is 9.49. The smallest absolute Gasteiger partial charge is 0.191 e. The van der Waals surface area contributed by atoms with Crippen LogP contribution in [0.3, 0.4) is 0 Å². The summed E-state index contributed by atoms with van der Waals surface area (Å²) < 4.78 is 0. The number of nitrogens with zero attached hydrogens (tertiary/aromatic N) is 2. The van der Waals surface area contributed by atoms with Crippen molar-refractivity contribution in [1.82, 2.24) is 15.5 Å². The molecule has 0 aliphatic carbocycles.